The van der Waals surface area contributed by atoms with Crippen LogP contribution < -0.4 is 5.32 Å². The van der Waals surface area contributed by atoms with Gasteiger partial charge in [0.15, 0.2) is 0 Å². The maximum Gasteiger partial charge on any atom is 0.271 e. The number of hydrogen-bond donors (Lipinski definition) is 1. The van der Waals surface area contributed by atoms with Crippen LogP contribution >= 0.6 is 11.3 Å². The molecule has 0 spiro atoms. The zero-order valence-electron chi connectivity index (χ0n) is 8.42. The van der Waals surface area contributed by atoms with E-state index in [1.807, 2.05) is 6.92 Å². The normalized spacial score (nSPS) is 10.7. The Balaban J connectivity index is 2.74. The van der Waals surface area contributed by atoms with Crippen LogP contribution in [-0.2, 0) is 0 Å². The van der Waals surface area contributed by atoms with Crippen LogP contribution in [0.2, 0.25) is 0 Å². The fraction of sp³-hybridized carbons (Fsp3) is 0.400. The Bertz CT molecular complexity index is 387. The second-order valence-electron chi connectivity index (χ2n) is 3.48. The summed E-state index contributed by atoms with van der Waals surface area (Å²) >= 11 is 1.44. The molecule has 1 heterocycles. The molecule has 1 aromatic rings. The molecule has 0 aliphatic rings. The van der Waals surface area contributed by atoms with E-state index in [4.69, 9.17) is 6.42 Å². The number of carbonyl (C=O) groups excluding carboxylic acids is 1. The number of nitrogens with one attached hydrogen (secondary N) is 1. The van der Waals surface area contributed by atoms with Crippen molar-refractivity contribution in [2.45, 2.75) is 26.3 Å². The quantitative estimate of drug-likeness (QED) is 0.750. The lowest BCUT2D eigenvalue weighted by Gasteiger charge is -2.18. The average molecular weight is 208 g/mol. The van der Waals surface area contributed by atoms with E-state index >= 15 is 0 Å². The number of thiazole rings is 1. The number of nitrogens with zero attached hydrogens (tertiary/aromatic N) is 1. The molecule has 1 aromatic heterocycles. The molecule has 0 aliphatic carbocycles. The van der Waals surface area contributed by atoms with Gasteiger partial charge in [-0.25, -0.2) is 4.98 Å². The minimum absolute atomic E-state index is 0.225. The van der Waals surface area contributed by atoms with Gasteiger partial charge in [-0.05, 0) is 20.8 Å². The SMILES string of the molecule is C#CC(C)(C)NC(=O)c1csc(C)n1. The fourth-order valence-electron chi connectivity index (χ4n) is 0.852. The summed E-state index contributed by atoms with van der Waals surface area (Å²) in [5, 5.41) is 5.29. The van der Waals surface area contributed by atoms with Gasteiger partial charge in [0.1, 0.15) is 5.69 Å². The summed E-state index contributed by atoms with van der Waals surface area (Å²) in [7, 11) is 0. The van der Waals surface area contributed by atoms with Gasteiger partial charge in [-0.2, -0.15) is 0 Å². The minimum atomic E-state index is -0.630. The zero-order valence-corrected chi connectivity index (χ0v) is 9.23. The van der Waals surface area contributed by atoms with Gasteiger partial charge in [0.25, 0.3) is 5.91 Å². The van der Waals surface area contributed by atoms with E-state index in [0.29, 0.717) is 5.69 Å². The highest BCUT2D eigenvalue weighted by Gasteiger charge is 2.19. The van der Waals surface area contributed by atoms with Crippen LogP contribution in [0.4, 0.5) is 0 Å². The Morgan fingerprint density at radius 2 is 2.36 bits per heavy atom. The van der Waals surface area contributed by atoms with Gasteiger partial charge in [-0.3, -0.25) is 4.79 Å². The van der Waals surface area contributed by atoms with Crippen molar-refractivity contribution in [3.8, 4) is 12.3 Å². The van der Waals surface area contributed by atoms with Crippen LogP contribution in [0.25, 0.3) is 0 Å². The van der Waals surface area contributed by atoms with E-state index in [1.54, 1.807) is 19.2 Å². The minimum Gasteiger partial charge on any atom is -0.335 e. The van der Waals surface area contributed by atoms with Gasteiger partial charge < -0.3 is 5.32 Å². The standard InChI is InChI=1S/C10H12N2OS/c1-5-10(3,4)12-9(13)8-6-14-7(2)11-8/h1,6H,2-4H3,(H,12,13). The molecular weight excluding hydrogens is 196 g/mol. The predicted octanol–water partition coefficient (Wildman–Crippen LogP) is 1.59. The molecule has 1 amide bonds. The summed E-state index contributed by atoms with van der Waals surface area (Å²) in [4.78, 5) is 15.6. The first-order valence-corrected chi connectivity index (χ1v) is 5.05. The maximum atomic E-state index is 11.6. The summed E-state index contributed by atoms with van der Waals surface area (Å²) in [5.41, 5.74) is -0.204. The lowest BCUT2D eigenvalue weighted by Crippen LogP contribution is -2.42. The van der Waals surface area contributed by atoms with E-state index in [2.05, 4.69) is 16.2 Å². The molecule has 0 bridgehead atoms. The number of carbonyl (C=O) groups is 1. The van der Waals surface area contributed by atoms with E-state index < -0.39 is 5.54 Å². The second-order valence-corrected chi connectivity index (χ2v) is 4.54. The van der Waals surface area contributed by atoms with Gasteiger partial charge in [0, 0.05) is 5.38 Å². The largest absolute Gasteiger partial charge is 0.335 e. The lowest BCUT2D eigenvalue weighted by atomic mass is 10.1. The Labute approximate surface area is 87.6 Å². The van der Waals surface area contributed by atoms with Crippen molar-refractivity contribution < 1.29 is 4.79 Å². The third-order valence-corrected chi connectivity index (χ3v) is 2.41. The molecule has 0 atom stereocenters. The van der Waals surface area contributed by atoms with E-state index in [9.17, 15) is 4.79 Å². The van der Waals surface area contributed by atoms with Crippen molar-refractivity contribution in [2.24, 2.45) is 0 Å². The molecule has 0 saturated heterocycles. The zero-order chi connectivity index (χ0) is 10.8. The molecule has 0 aliphatic heterocycles. The van der Waals surface area contributed by atoms with Crippen LogP contribution in [0, 0.1) is 19.3 Å². The predicted molar refractivity (Wildman–Crippen MR) is 57.2 cm³/mol. The molecule has 14 heavy (non-hydrogen) atoms. The third kappa shape index (κ3) is 2.57. The van der Waals surface area contributed by atoms with Crippen molar-refractivity contribution in [2.75, 3.05) is 0 Å². The van der Waals surface area contributed by atoms with Crippen molar-refractivity contribution in [3.05, 3.63) is 16.1 Å². The van der Waals surface area contributed by atoms with Crippen molar-refractivity contribution in [3.63, 3.8) is 0 Å². The summed E-state index contributed by atoms with van der Waals surface area (Å²) in [6, 6.07) is 0. The molecule has 3 nitrogen and oxygen atoms in total. The summed E-state index contributed by atoms with van der Waals surface area (Å²) in [6.07, 6.45) is 5.26. The molecule has 0 saturated carbocycles. The van der Waals surface area contributed by atoms with Crippen molar-refractivity contribution in [1.29, 1.82) is 0 Å². The number of rotatable bonds is 2. The Morgan fingerprint density at radius 3 is 2.79 bits per heavy atom. The summed E-state index contributed by atoms with van der Waals surface area (Å²) < 4.78 is 0. The third-order valence-electron chi connectivity index (χ3n) is 1.64. The number of hydrogen-bond acceptors (Lipinski definition) is 3. The average Bonchev–Trinajstić information content (AvgIpc) is 2.51. The molecular formula is C10H12N2OS. The highest BCUT2D eigenvalue weighted by molar-refractivity contribution is 7.09. The number of aryl methyl sites for hydroxylation is 1. The van der Waals surface area contributed by atoms with Gasteiger partial charge in [0.05, 0.1) is 10.5 Å². The van der Waals surface area contributed by atoms with Crippen LogP contribution in [0.3, 0.4) is 0 Å². The Kier molecular flexibility index (Phi) is 2.92. The fourth-order valence-corrected chi connectivity index (χ4v) is 1.44. The molecule has 0 unspecified atom stereocenters. The van der Waals surface area contributed by atoms with Crippen LogP contribution in [0.1, 0.15) is 29.3 Å². The first kappa shape index (κ1) is 10.7. The Hall–Kier alpha value is -1.34. The van der Waals surface area contributed by atoms with Crippen LogP contribution in [0.15, 0.2) is 5.38 Å². The van der Waals surface area contributed by atoms with E-state index in [0.717, 1.165) is 5.01 Å². The molecule has 1 N–H and O–H groups in total. The van der Waals surface area contributed by atoms with Crippen molar-refractivity contribution in [1.82, 2.24) is 10.3 Å². The summed E-state index contributed by atoms with van der Waals surface area (Å²) in [5.74, 6) is 2.27. The molecule has 1 rings (SSSR count). The maximum absolute atomic E-state index is 11.6. The van der Waals surface area contributed by atoms with Crippen molar-refractivity contribution >= 4 is 17.2 Å². The highest BCUT2D eigenvalue weighted by Crippen LogP contribution is 2.09. The smallest absolute Gasteiger partial charge is 0.271 e. The molecule has 0 aromatic carbocycles. The molecule has 0 radical (unpaired) electrons. The monoisotopic (exact) mass is 208 g/mol. The topological polar surface area (TPSA) is 42.0 Å². The Morgan fingerprint density at radius 1 is 1.71 bits per heavy atom. The number of aromatic nitrogens is 1. The highest BCUT2D eigenvalue weighted by atomic mass is 32.1. The van der Waals surface area contributed by atoms with E-state index in [-0.39, 0.29) is 5.91 Å². The van der Waals surface area contributed by atoms with Gasteiger partial charge >= 0.3 is 0 Å². The molecule has 4 heteroatoms. The lowest BCUT2D eigenvalue weighted by molar-refractivity contribution is 0.0925. The van der Waals surface area contributed by atoms with Gasteiger partial charge in [-0.15, -0.1) is 17.8 Å². The van der Waals surface area contributed by atoms with Gasteiger partial charge in [-0.1, -0.05) is 5.92 Å². The van der Waals surface area contributed by atoms with Crippen LogP contribution in [-0.4, -0.2) is 16.4 Å². The van der Waals surface area contributed by atoms with Crippen LogP contribution in [0.5, 0.6) is 0 Å². The second kappa shape index (κ2) is 3.81. The molecule has 74 valence electrons. The number of terminal acetylenes is 1. The first-order valence-electron chi connectivity index (χ1n) is 4.17. The first-order chi connectivity index (χ1) is 6.44. The number of amides is 1. The van der Waals surface area contributed by atoms with E-state index in [1.165, 1.54) is 11.3 Å². The summed E-state index contributed by atoms with van der Waals surface area (Å²) in [6.45, 7) is 5.39. The van der Waals surface area contributed by atoms with Gasteiger partial charge in [0.2, 0.25) is 0 Å². The molecule has 0 fully saturated rings.